The second-order valence-corrected chi connectivity index (χ2v) is 6.59. The van der Waals surface area contributed by atoms with Crippen LogP contribution in [0.2, 0.25) is 0 Å². The fraction of sp³-hybridized carbons (Fsp3) is 0.286. The monoisotopic (exact) mass is 392 g/mol. The van der Waals surface area contributed by atoms with Crippen molar-refractivity contribution in [1.29, 1.82) is 0 Å². The molecule has 29 heavy (non-hydrogen) atoms. The van der Waals surface area contributed by atoms with E-state index in [1.807, 2.05) is 48.7 Å². The molecule has 0 unspecified atom stereocenters. The van der Waals surface area contributed by atoms with E-state index in [4.69, 9.17) is 14.5 Å². The number of pyridine rings is 1. The van der Waals surface area contributed by atoms with Crippen LogP contribution >= 0.6 is 0 Å². The molecule has 0 amide bonds. The van der Waals surface area contributed by atoms with Gasteiger partial charge in [0.1, 0.15) is 23.1 Å². The summed E-state index contributed by atoms with van der Waals surface area (Å²) < 4.78 is 10.7. The molecule has 3 heterocycles. The number of methoxy groups -OCH3 is 2. The average molecular weight is 392 g/mol. The third-order valence-corrected chi connectivity index (χ3v) is 4.87. The van der Waals surface area contributed by atoms with Crippen LogP contribution in [-0.4, -0.2) is 55.4 Å². The minimum absolute atomic E-state index is 0.526. The van der Waals surface area contributed by atoms with Crippen LogP contribution in [0.25, 0.3) is 0 Å². The van der Waals surface area contributed by atoms with Crippen LogP contribution in [0.5, 0.6) is 11.5 Å². The molecule has 1 fully saturated rings. The lowest BCUT2D eigenvalue weighted by Crippen LogP contribution is -2.47. The van der Waals surface area contributed by atoms with Crippen LogP contribution in [0.4, 0.5) is 23.3 Å². The normalized spacial score (nSPS) is 13.9. The predicted octanol–water partition coefficient (Wildman–Crippen LogP) is 2.96. The summed E-state index contributed by atoms with van der Waals surface area (Å²) in [5, 5.41) is 3.24. The van der Waals surface area contributed by atoms with Crippen LogP contribution in [-0.2, 0) is 0 Å². The highest BCUT2D eigenvalue weighted by Crippen LogP contribution is 2.31. The number of aromatic nitrogens is 3. The first-order chi connectivity index (χ1) is 14.3. The van der Waals surface area contributed by atoms with Crippen molar-refractivity contribution in [3.05, 3.63) is 54.9 Å². The average Bonchev–Trinajstić information content (AvgIpc) is 2.80. The zero-order valence-electron chi connectivity index (χ0n) is 16.6. The zero-order chi connectivity index (χ0) is 20.1. The van der Waals surface area contributed by atoms with Gasteiger partial charge < -0.3 is 24.6 Å². The van der Waals surface area contributed by atoms with Crippen molar-refractivity contribution in [1.82, 2.24) is 15.0 Å². The van der Waals surface area contributed by atoms with Gasteiger partial charge in [0.15, 0.2) is 0 Å². The first kappa shape index (κ1) is 18.8. The Hall–Kier alpha value is -3.55. The summed E-state index contributed by atoms with van der Waals surface area (Å²) in [6.45, 7) is 3.55. The lowest BCUT2D eigenvalue weighted by Gasteiger charge is -2.36. The predicted molar refractivity (Wildman–Crippen MR) is 114 cm³/mol. The molecule has 0 bridgehead atoms. The summed E-state index contributed by atoms with van der Waals surface area (Å²) in [6, 6.07) is 13.5. The Morgan fingerprint density at radius 2 is 1.62 bits per heavy atom. The number of benzene rings is 1. The number of anilines is 4. The highest BCUT2D eigenvalue weighted by molar-refractivity contribution is 5.65. The Labute approximate surface area is 170 Å². The summed E-state index contributed by atoms with van der Waals surface area (Å²) in [5.74, 6) is 3.84. The van der Waals surface area contributed by atoms with Crippen molar-refractivity contribution in [3.63, 3.8) is 0 Å². The van der Waals surface area contributed by atoms with E-state index in [1.54, 1.807) is 20.4 Å². The molecule has 1 saturated heterocycles. The van der Waals surface area contributed by atoms with Crippen LogP contribution < -0.4 is 24.6 Å². The lowest BCUT2D eigenvalue weighted by molar-refractivity contribution is 0.395. The second kappa shape index (κ2) is 8.64. The summed E-state index contributed by atoms with van der Waals surface area (Å²) in [4.78, 5) is 18.0. The summed E-state index contributed by atoms with van der Waals surface area (Å²) in [6.07, 6.45) is 3.60. The fourth-order valence-corrected chi connectivity index (χ4v) is 3.31. The van der Waals surface area contributed by atoms with Gasteiger partial charge >= 0.3 is 0 Å². The summed E-state index contributed by atoms with van der Waals surface area (Å²) in [7, 11) is 3.25. The van der Waals surface area contributed by atoms with Gasteiger partial charge in [-0.3, -0.25) is 0 Å². The van der Waals surface area contributed by atoms with Gasteiger partial charge in [-0.2, -0.15) is 4.98 Å². The van der Waals surface area contributed by atoms with Gasteiger partial charge in [-0.1, -0.05) is 6.07 Å². The molecule has 2 aromatic heterocycles. The highest BCUT2D eigenvalue weighted by Gasteiger charge is 2.19. The third-order valence-electron chi connectivity index (χ3n) is 4.87. The number of piperazine rings is 1. The maximum atomic E-state index is 5.44. The molecule has 1 aliphatic heterocycles. The van der Waals surface area contributed by atoms with Gasteiger partial charge in [0.2, 0.25) is 5.95 Å². The van der Waals surface area contributed by atoms with E-state index in [9.17, 15) is 0 Å². The standard InChI is InChI=1S/C21H24N6O2/c1-28-16-6-7-17(18(15-16)29-2)24-21-23-10-8-20(25-21)27-13-11-26(12-14-27)19-5-3-4-9-22-19/h3-10,15H,11-14H2,1-2H3,(H,23,24,25). The van der Waals surface area contributed by atoms with Crippen LogP contribution in [0, 0.1) is 0 Å². The second-order valence-electron chi connectivity index (χ2n) is 6.59. The van der Waals surface area contributed by atoms with Crippen LogP contribution in [0.15, 0.2) is 54.9 Å². The molecule has 150 valence electrons. The minimum Gasteiger partial charge on any atom is -0.497 e. The molecule has 1 N–H and O–H groups in total. The number of hydrogen-bond donors (Lipinski definition) is 1. The van der Waals surface area contributed by atoms with E-state index in [2.05, 4.69) is 25.1 Å². The molecular formula is C21H24N6O2. The molecule has 3 aromatic rings. The number of ether oxygens (including phenoxy) is 2. The molecule has 0 spiro atoms. The Morgan fingerprint density at radius 3 is 2.31 bits per heavy atom. The molecule has 0 saturated carbocycles. The van der Waals surface area contributed by atoms with Gasteiger partial charge in [0.25, 0.3) is 0 Å². The Balaban J connectivity index is 1.44. The first-order valence-electron chi connectivity index (χ1n) is 9.50. The molecule has 8 nitrogen and oxygen atoms in total. The minimum atomic E-state index is 0.526. The third kappa shape index (κ3) is 4.31. The molecule has 0 aliphatic carbocycles. The maximum absolute atomic E-state index is 5.44. The topological polar surface area (TPSA) is 75.6 Å². The first-order valence-corrected chi connectivity index (χ1v) is 9.50. The van der Waals surface area contributed by atoms with Crippen LogP contribution in [0.3, 0.4) is 0 Å². The van der Waals surface area contributed by atoms with E-state index >= 15 is 0 Å². The molecule has 8 heteroatoms. The van der Waals surface area contributed by atoms with Crippen molar-refractivity contribution in [3.8, 4) is 11.5 Å². The van der Waals surface area contributed by atoms with Gasteiger partial charge in [0.05, 0.1) is 19.9 Å². The number of nitrogens with zero attached hydrogens (tertiary/aromatic N) is 5. The van der Waals surface area contributed by atoms with Gasteiger partial charge in [-0.05, 0) is 30.3 Å². The summed E-state index contributed by atoms with van der Waals surface area (Å²) >= 11 is 0. The Bertz CT molecular complexity index is 945. The van der Waals surface area contributed by atoms with Crippen molar-refractivity contribution in [2.75, 3.05) is 55.5 Å². The van der Waals surface area contributed by atoms with Crippen LogP contribution in [0.1, 0.15) is 0 Å². The molecular weight excluding hydrogens is 368 g/mol. The Morgan fingerprint density at radius 1 is 0.828 bits per heavy atom. The van der Waals surface area contributed by atoms with Crippen molar-refractivity contribution < 1.29 is 9.47 Å². The van der Waals surface area contributed by atoms with Crippen molar-refractivity contribution >= 4 is 23.3 Å². The van der Waals surface area contributed by atoms with Gasteiger partial charge in [0, 0.05) is 44.6 Å². The van der Waals surface area contributed by atoms with E-state index in [0.29, 0.717) is 11.7 Å². The SMILES string of the molecule is COc1ccc(Nc2nccc(N3CCN(c4ccccn4)CC3)n2)c(OC)c1. The van der Waals surface area contributed by atoms with E-state index in [-0.39, 0.29) is 0 Å². The number of nitrogens with one attached hydrogen (secondary N) is 1. The fourth-order valence-electron chi connectivity index (χ4n) is 3.31. The molecule has 4 rings (SSSR count). The molecule has 0 radical (unpaired) electrons. The maximum Gasteiger partial charge on any atom is 0.229 e. The quantitative estimate of drug-likeness (QED) is 0.686. The molecule has 1 aliphatic rings. The van der Waals surface area contributed by atoms with Crippen molar-refractivity contribution in [2.45, 2.75) is 0 Å². The largest absolute Gasteiger partial charge is 0.497 e. The number of rotatable bonds is 6. The highest BCUT2D eigenvalue weighted by atomic mass is 16.5. The van der Waals surface area contributed by atoms with Gasteiger partial charge in [-0.25, -0.2) is 9.97 Å². The van der Waals surface area contributed by atoms with E-state index < -0.39 is 0 Å². The molecule has 0 atom stereocenters. The van der Waals surface area contributed by atoms with Crippen molar-refractivity contribution in [2.24, 2.45) is 0 Å². The summed E-state index contributed by atoms with van der Waals surface area (Å²) in [5.41, 5.74) is 0.783. The Kier molecular flexibility index (Phi) is 5.60. The van der Waals surface area contributed by atoms with E-state index in [1.165, 1.54) is 0 Å². The molecule has 1 aromatic carbocycles. The van der Waals surface area contributed by atoms with E-state index in [0.717, 1.165) is 49.3 Å². The lowest BCUT2D eigenvalue weighted by atomic mass is 10.2. The zero-order valence-corrected chi connectivity index (χ0v) is 16.6. The van der Waals surface area contributed by atoms with Gasteiger partial charge in [-0.15, -0.1) is 0 Å². The smallest absolute Gasteiger partial charge is 0.229 e. The number of hydrogen-bond acceptors (Lipinski definition) is 8.